The standard InChI is InChI=1S/C21H26N2O3S/c1-17-7-5-6-16-23(17)27(25,26)20-12-10-18(11-13-20)14-15-22-21(24)19-8-3-2-4-9-19/h2-4,8-13,17H,5-7,14-16H2,1H3,(H,22,24). The van der Waals surface area contributed by atoms with Crippen molar-refractivity contribution >= 4 is 15.9 Å². The summed E-state index contributed by atoms with van der Waals surface area (Å²) in [4.78, 5) is 12.4. The molecule has 0 bridgehead atoms. The minimum atomic E-state index is -3.43. The van der Waals surface area contributed by atoms with E-state index in [1.807, 2.05) is 37.3 Å². The molecule has 144 valence electrons. The van der Waals surface area contributed by atoms with Gasteiger partial charge in [0.15, 0.2) is 0 Å². The first kappa shape index (κ1) is 19.6. The fraction of sp³-hybridized carbons (Fsp3) is 0.381. The molecule has 0 aromatic heterocycles. The molecule has 2 aromatic rings. The molecule has 1 amide bonds. The SMILES string of the molecule is CC1CCCCN1S(=O)(=O)c1ccc(CCNC(=O)c2ccccc2)cc1. The molecule has 0 radical (unpaired) electrons. The third kappa shape index (κ3) is 4.76. The van der Waals surface area contributed by atoms with Crippen molar-refractivity contribution in [3.05, 3.63) is 65.7 Å². The summed E-state index contributed by atoms with van der Waals surface area (Å²) in [5.41, 5.74) is 1.63. The lowest BCUT2D eigenvalue weighted by atomic mass is 10.1. The van der Waals surface area contributed by atoms with Crippen molar-refractivity contribution in [1.82, 2.24) is 9.62 Å². The lowest BCUT2D eigenvalue weighted by molar-refractivity contribution is 0.0954. The Labute approximate surface area is 161 Å². The number of sulfonamides is 1. The Kier molecular flexibility index (Phi) is 6.29. The van der Waals surface area contributed by atoms with Gasteiger partial charge in [0, 0.05) is 24.7 Å². The number of hydrogen-bond donors (Lipinski definition) is 1. The van der Waals surface area contributed by atoms with Crippen molar-refractivity contribution in [3.63, 3.8) is 0 Å². The molecule has 1 heterocycles. The first-order valence-corrected chi connectivity index (χ1v) is 10.9. The van der Waals surface area contributed by atoms with Crippen molar-refractivity contribution in [2.45, 2.75) is 43.5 Å². The summed E-state index contributed by atoms with van der Waals surface area (Å²) in [6.45, 7) is 3.07. The van der Waals surface area contributed by atoms with E-state index in [0.29, 0.717) is 30.0 Å². The van der Waals surface area contributed by atoms with E-state index in [2.05, 4.69) is 5.32 Å². The fourth-order valence-corrected chi connectivity index (χ4v) is 5.10. The smallest absolute Gasteiger partial charge is 0.251 e. The minimum absolute atomic E-state index is 0.0524. The Hall–Kier alpha value is -2.18. The molecule has 1 fully saturated rings. The normalized spacial score (nSPS) is 18.2. The number of nitrogens with one attached hydrogen (secondary N) is 1. The lowest BCUT2D eigenvalue weighted by Crippen LogP contribution is -2.41. The van der Waals surface area contributed by atoms with Crippen LogP contribution in [0.15, 0.2) is 59.5 Å². The number of benzene rings is 2. The summed E-state index contributed by atoms with van der Waals surface area (Å²) in [6.07, 6.45) is 3.57. The van der Waals surface area contributed by atoms with Crippen LogP contribution in [-0.4, -0.2) is 37.8 Å². The van der Waals surface area contributed by atoms with Crippen molar-refractivity contribution in [2.75, 3.05) is 13.1 Å². The molecule has 1 atom stereocenters. The Morgan fingerprint density at radius 2 is 1.78 bits per heavy atom. The predicted molar refractivity (Wildman–Crippen MR) is 106 cm³/mol. The van der Waals surface area contributed by atoms with E-state index in [1.165, 1.54) is 0 Å². The topological polar surface area (TPSA) is 66.5 Å². The first-order chi connectivity index (χ1) is 13.0. The predicted octanol–water partition coefficient (Wildman–Crippen LogP) is 3.22. The maximum absolute atomic E-state index is 12.8. The molecule has 1 N–H and O–H groups in total. The van der Waals surface area contributed by atoms with Gasteiger partial charge in [-0.2, -0.15) is 4.31 Å². The van der Waals surface area contributed by atoms with Crippen molar-refractivity contribution in [2.24, 2.45) is 0 Å². The van der Waals surface area contributed by atoms with Gasteiger partial charge in [0.05, 0.1) is 4.90 Å². The van der Waals surface area contributed by atoms with Crippen LogP contribution in [0.25, 0.3) is 0 Å². The van der Waals surface area contributed by atoms with Crippen molar-refractivity contribution in [3.8, 4) is 0 Å². The summed E-state index contributed by atoms with van der Waals surface area (Å²) < 4.78 is 27.3. The Morgan fingerprint density at radius 1 is 1.07 bits per heavy atom. The van der Waals surface area contributed by atoms with E-state index in [9.17, 15) is 13.2 Å². The number of piperidine rings is 1. The van der Waals surface area contributed by atoms with Gasteiger partial charge in [-0.05, 0) is 56.0 Å². The zero-order valence-corrected chi connectivity index (χ0v) is 16.4. The Balaban J connectivity index is 1.58. The highest BCUT2D eigenvalue weighted by Crippen LogP contribution is 2.25. The van der Waals surface area contributed by atoms with E-state index in [0.717, 1.165) is 24.8 Å². The quantitative estimate of drug-likeness (QED) is 0.829. The molecule has 1 unspecified atom stereocenters. The summed E-state index contributed by atoms with van der Waals surface area (Å²) in [5.74, 6) is -0.103. The second-order valence-corrected chi connectivity index (χ2v) is 8.87. The number of amides is 1. The molecule has 27 heavy (non-hydrogen) atoms. The van der Waals surface area contributed by atoms with Gasteiger partial charge in [0.1, 0.15) is 0 Å². The third-order valence-electron chi connectivity index (χ3n) is 5.01. The molecule has 0 saturated carbocycles. The van der Waals surface area contributed by atoms with Gasteiger partial charge in [0.25, 0.3) is 5.91 Å². The minimum Gasteiger partial charge on any atom is -0.352 e. The van der Waals surface area contributed by atoms with Gasteiger partial charge in [0.2, 0.25) is 10.0 Å². The van der Waals surface area contributed by atoms with Gasteiger partial charge in [-0.25, -0.2) is 8.42 Å². The maximum Gasteiger partial charge on any atom is 0.251 e. The van der Waals surface area contributed by atoms with E-state index in [-0.39, 0.29) is 11.9 Å². The number of carbonyl (C=O) groups is 1. The van der Waals surface area contributed by atoms with Crippen LogP contribution < -0.4 is 5.32 Å². The average molecular weight is 387 g/mol. The molecule has 0 aliphatic carbocycles. The molecule has 1 aliphatic heterocycles. The van der Waals surface area contributed by atoms with E-state index >= 15 is 0 Å². The first-order valence-electron chi connectivity index (χ1n) is 9.42. The monoisotopic (exact) mass is 386 g/mol. The molecular weight excluding hydrogens is 360 g/mol. The fourth-order valence-electron chi connectivity index (χ4n) is 3.40. The molecule has 6 heteroatoms. The van der Waals surface area contributed by atoms with Crippen LogP contribution in [0.3, 0.4) is 0 Å². The number of carbonyl (C=O) groups excluding carboxylic acids is 1. The van der Waals surface area contributed by atoms with E-state index < -0.39 is 10.0 Å². The van der Waals surface area contributed by atoms with Gasteiger partial charge >= 0.3 is 0 Å². The second-order valence-electron chi connectivity index (χ2n) is 6.98. The van der Waals surface area contributed by atoms with E-state index in [1.54, 1.807) is 28.6 Å². The molecule has 3 rings (SSSR count). The molecule has 1 aliphatic rings. The zero-order chi connectivity index (χ0) is 19.3. The number of hydrogen-bond acceptors (Lipinski definition) is 3. The molecule has 0 spiro atoms. The van der Waals surface area contributed by atoms with Crippen LogP contribution >= 0.6 is 0 Å². The third-order valence-corrected chi connectivity index (χ3v) is 7.03. The van der Waals surface area contributed by atoms with Crippen molar-refractivity contribution in [1.29, 1.82) is 0 Å². The second kappa shape index (κ2) is 8.67. The van der Waals surface area contributed by atoms with Crippen LogP contribution in [-0.2, 0) is 16.4 Å². The lowest BCUT2D eigenvalue weighted by Gasteiger charge is -2.32. The van der Waals surface area contributed by atoms with Crippen molar-refractivity contribution < 1.29 is 13.2 Å². The highest BCUT2D eigenvalue weighted by molar-refractivity contribution is 7.89. The highest BCUT2D eigenvalue weighted by Gasteiger charge is 2.30. The molecular formula is C21H26N2O3S. The summed E-state index contributed by atoms with van der Waals surface area (Å²) in [6, 6.07) is 16.1. The Bertz CT molecular complexity index is 864. The van der Waals surface area contributed by atoms with Crippen LogP contribution in [0.1, 0.15) is 42.1 Å². The largest absolute Gasteiger partial charge is 0.352 e. The van der Waals surface area contributed by atoms with Gasteiger partial charge in [-0.3, -0.25) is 4.79 Å². The summed E-state index contributed by atoms with van der Waals surface area (Å²) in [5, 5.41) is 2.88. The average Bonchev–Trinajstić information content (AvgIpc) is 2.69. The van der Waals surface area contributed by atoms with Crippen LogP contribution in [0.2, 0.25) is 0 Å². The van der Waals surface area contributed by atoms with Gasteiger partial charge < -0.3 is 5.32 Å². The maximum atomic E-state index is 12.8. The molecule has 2 aromatic carbocycles. The highest BCUT2D eigenvalue weighted by atomic mass is 32.2. The van der Waals surface area contributed by atoms with Gasteiger partial charge in [-0.15, -0.1) is 0 Å². The van der Waals surface area contributed by atoms with Crippen LogP contribution in [0.4, 0.5) is 0 Å². The number of nitrogens with zero attached hydrogens (tertiary/aromatic N) is 1. The zero-order valence-electron chi connectivity index (χ0n) is 15.6. The molecule has 1 saturated heterocycles. The van der Waals surface area contributed by atoms with Gasteiger partial charge in [-0.1, -0.05) is 36.8 Å². The Morgan fingerprint density at radius 3 is 2.44 bits per heavy atom. The van der Waals surface area contributed by atoms with E-state index in [4.69, 9.17) is 0 Å². The van der Waals surface area contributed by atoms with Crippen LogP contribution in [0, 0.1) is 0 Å². The molecule has 5 nitrogen and oxygen atoms in total. The summed E-state index contributed by atoms with van der Waals surface area (Å²) >= 11 is 0. The summed E-state index contributed by atoms with van der Waals surface area (Å²) in [7, 11) is -3.43. The van der Waals surface area contributed by atoms with Crippen LogP contribution in [0.5, 0.6) is 0 Å². The number of rotatable bonds is 6.